The van der Waals surface area contributed by atoms with E-state index in [2.05, 4.69) is 5.32 Å². The van der Waals surface area contributed by atoms with E-state index < -0.39 is 9.84 Å². The van der Waals surface area contributed by atoms with Crippen molar-refractivity contribution in [3.63, 3.8) is 0 Å². The van der Waals surface area contributed by atoms with Crippen molar-refractivity contribution in [2.75, 3.05) is 36.6 Å². The van der Waals surface area contributed by atoms with E-state index in [1.807, 2.05) is 6.26 Å². The number of hydrogen-bond acceptors (Lipinski definition) is 4. The number of rotatable bonds is 6. The van der Waals surface area contributed by atoms with Gasteiger partial charge in [0.05, 0.1) is 11.5 Å². The fraction of sp³-hybridized carbons (Fsp3) is 1.00. The molecular formula is C8H17NO2S2. The van der Waals surface area contributed by atoms with Crippen molar-refractivity contribution in [2.45, 2.75) is 6.42 Å². The summed E-state index contributed by atoms with van der Waals surface area (Å²) in [4.78, 5) is 0. The smallest absolute Gasteiger partial charge is 0.150 e. The fourth-order valence-electron chi connectivity index (χ4n) is 1.33. The SMILES string of the molecule is CSCCCS(=O)(=O)CC1CNC1. The molecule has 0 aliphatic carbocycles. The number of nitrogens with one attached hydrogen (secondary N) is 1. The first-order chi connectivity index (χ1) is 6.14. The molecule has 0 aromatic carbocycles. The first-order valence-electron chi connectivity index (χ1n) is 4.54. The molecule has 0 aromatic rings. The molecule has 1 N–H and O–H groups in total. The minimum absolute atomic E-state index is 0.365. The largest absolute Gasteiger partial charge is 0.316 e. The van der Waals surface area contributed by atoms with Crippen LogP contribution in [-0.2, 0) is 9.84 Å². The molecule has 78 valence electrons. The van der Waals surface area contributed by atoms with Gasteiger partial charge in [-0.05, 0) is 24.3 Å². The third-order valence-corrected chi connectivity index (χ3v) is 4.75. The molecule has 1 rings (SSSR count). The highest BCUT2D eigenvalue weighted by atomic mass is 32.2. The van der Waals surface area contributed by atoms with Gasteiger partial charge in [-0.2, -0.15) is 11.8 Å². The van der Waals surface area contributed by atoms with Gasteiger partial charge < -0.3 is 5.32 Å². The van der Waals surface area contributed by atoms with Crippen LogP contribution in [-0.4, -0.2) is 45.0 Å². The highest BCUT2D eigenvalue weighted by Gasteiger charge is 2.23. The van der Waals surface area contributed by atoms with E-state index >= 15 is 0 Å². The fourth-order valence-corrected chi connectivity index (χ4v) is 3.65. The second-order valence-corrected chi connectivity index (χ2v) is 6.70. The van der Waals surface area contributed by atoms with Crippen LogP contribution in [0.15, 0.2) is 0 Å². The van der Waals surface area contributed by atoms with E-state index in [0.717, 1.165) is 25.3 Å². The van der Waals surface area contributed by atoms with Gasteiger partial charge in [-0.15, -0.1) is 0 Å². The predicted octanol–water partition coefficient (Wildman–Crippen LogP) is 0.374. The zero-order chi connectivity index (χ0) is 9.73. The number of thioether (sulfide) groups is 1. The van der Waals surface area contributed by atoms with Crippen molar-refractivity contribution in [1.29, 1.82) is 0 Å². The van der Waals surface area contributed by atoms with Crippen LogP contribution in [0.3, 0.4) is 0 Å². The van der Waals surface area contributed by atoms with Crippen LogP contribution < -0.4 is 5.32 Å². The van der Waals surface area contributed by atoms with E-state index in [1.54, 1.807) is 11.8 Å². The van der Waals surface area contributed by atoms with Gasteiger partial charge in [-0.3, -0.25) is 0 Å². The maximum absolute atomic E-state index is 11.5. The van der Waals surface area contributed by atoms with Crippen molar-refractivity contribution in [2.24, 2.45) is 5.92 Å². The summed E-state index contributed by atoms with van der Waals surface area (Å²) in [5.41, 5.74) is 0. The summed E-state index contributed by atoms with van der Waals surface area (Å²) in [6.07, 6.45) is 2.80. The molecule has 0 spiro atoms. The molecule has 13 heavy (non-hydrogen) atoms. The van der Waals surface area contributed by atoms with Gasteiger partial charge in [0, 0.05) is 13.1 Å². The lowest BCUT2D eigenvalue weighted by atomic mass is 10.1. The third kappa shape index (κ3) is 4.33. The first-order valence-corrected chi connectivity index (χ1v) is 7.75. The van der Waals surface area contributed by atoms with Crippen molar-refractivity contribution in [3.8, 4) is 0 Å². The van der Waals surface area contributed by atoms with Gasteiger partial charge in [0.15, 0.2) is 9.84 Å². The lowest BCUT2D eigenvalue weighted by Gasteiger charge is -2.26. The summed E-state index contributed by atoms with van der Waals surface area (Å²) in [5, 5.41) is 3.08. The Morgan fingerprint density at radius 3 is 2.62 bits per heavy atom. The maximum atomic E-state index is 11.5. The molecule has 5 heteroatoms. The zero-order valence-corrected chi connectivity index (χ0v) is 9.59. The van der Waals surface area contributed by atoms with Crippen LogP contribution in [0.4, 0.5) is 0 Å². The summed E-state index contributed by atoms with van der Waals surface area (Å²) in [6, 6.07) is 0. The Labute approximate surface area is 84.6 Å². The minimum atomic E-state index is -2.77. The Morgan fingerprint density at radius 2 is 2.15 bits per heavy atom. The van der Waals surface area contributed by atoms with Crippen LogP contribution in [0.1, 0.15) is 6.42 Å². The molecule has 1 heterocycles. The van der Waals surface area contributed by atoms with Crippen molar-refractivity contribution in [1.82, 2.24) is 5.32 Å². The molecule has 1 fully saturated rings. The van der Waals surface area contributed by atoms with Gasteiger partial charge in [0.25, 0.3) is 0 Å². The molecule has 3 nitrogen and oxygen atoms in total. The number of hydrogen-bond donors (Lipinski definition) is 1. The minimum Gasteiger partial charge on any atom is -0.316 e. The zero-order valence-electron chi connectivity index (χ0n) is 7.95. The first kappa shape index (κ1) is 11.3. The highest BCUT2D eigenvalue weighted by molar-refractivity contribution is 7.98. The van der Waals surface area contributed by atoms with Crippen molar-refractivity contribution in [3.05, 3.63) is 0 Å². The highest BCUT2D eigenvalue weighted by Crippen LogP contribution is 2.09. The Balaban J connectivity index is 2.20. The Morgan fingerprint density at radius 1 is 1.46 bits per heavy atom. The van der Waals surface area contributed by atoms with Gasteiger partial charge in [-0.1, -0.05) is 0 Å². The second kappa shape index (κ2) is 5.22. The van der Waals surface area contributed by atoms with Gasteiger partial charge in [0.2, 0.25) is 0 Å². The molecule has 1 saturated heterocycles. The molecule has 0 bridgehead atoms. The van der Waals surface area contributed by atoms with Gasteiger partial charge >= 0.3 is 0 Å². The van der Waals surface area contributed by atoms with Crippen LogP contribution >= 0.6 is 11.8 Å². The summed E-state index contributed by atoms with van der Waals surface area (Å²) in [6.45, 7) is 1.75. The average molecular weight is 223 g/mol. The topological polar surface area (TPSA) is 46.2 Å². The summed E-state index contributed by atoms with van der Waals surface area (Å²) in [7, 11) is -2.77. The molecule has 0 unspecified atom stereocenters. The van der Waals surface area contributed by atoms with Gasteiger partial charge in [-0.25, -0.2) is 8.42 Å². The molecule has 1 aliphatic rings. The molecule has 1 aliphatic heterocycles. The average Bonchev–Trinajstić information content (AvgIpc) is 1.98. The van der Waals surface area contributed by atoms with E-state index in [0.29, 0.717) is 17.4 Å². The monoisotopic (exact) mass is 223 g/mol. The third-order valence-electron chi connectivity index (χ3n) is 2.16. The van der Waals surface area contributed by atoms with Crippen LogP contribution in [0.25, 0.3) is 0 Å². The quantitative estimate of drug-likeness (QED) is 0.661. The van der Waals surface area contributed by atoms with E-state index in [4.69, 9.17) is 0 Å². The Kier molecular flexibility index (Phi) is 4.55. The van der Waals surface area contributed by atoms with E-state index in [1.165, 1.54) is 0 Å². The standard InChI is InChI=1S/C8H17NO2S2/c1-12-3-2-4-13(10,11)7-8-5-9-6-8/h8-9H,2-7H2,1H3. The molecular weight excluding hydrogens is 206 g/mol. The lowest BCUT2D eigenvalue weighted by molar-refractivity contribution is 0.378. The normalized spacial score (nSPS) is 18.5. The molecule has 0 aromatic heterocycles. The summed E-state index contributed by atoms with van der Waals surface area (Å²) in [5.74, 6) is 2.07. The van der Waals surface area contributed by atoms with Gasteiger partial charge in [0.1, 0.15) is 0 Å². The summed E-state index contributed by atoms with van der Waals surface area (Å²) < 4.78 is 22.9. The lowest BCUT2D eigenvalue weighted by Crippen LogP contribution is -2.45. The Bertz CT molecular complexity index is 235. The van der Waals surface area contributed by atoms with Crippen LogP contribution in [0.2, 0.25) is 0 Å². The van der Waals surface area contributed by atoms with E-state index in [-0.39, 0.29) is 0 Å². The van der Waals surface area contributed by atoms with Crippen LogP contribution in [0, 0.1) is 5.92 Å². The number of sulfone groups is 1. The Hall–Kier alpha value is 0.260. The predicted molar refractivity (Wildman–Crippen MR) is 58.0 cm³/mol. The molecule has 0 atom stereocenters. The maximum Gasteiger partial charge on any atom is 0.150 e. The van der Waals surface area contributed by atoms with Crippen molar-refractivity contribution >= 4 is 21.6 Å². The van der Waals surface area contributed by atoms with E-state index in [9.17, 15) is 8.42 Å². The molecule has 0 radical (unpaired) electrons. The molecule has 0 amide bonds. The molecule has 0 saturated carbocycles. The van der Waals surface area contributed by atoms with Crippen molar-refractivity contribution < 1.29 is 8.42 Å². The van der Waals surface area contributed by atoms with Crippen LogP contribution in [0.5, 0.6) is 0 Å². The second-order valence-electron chi connectivity index (χ2n) is 3.48. The summed E-state index contributed by atoms with van der Waals surface area (Å²) >= 11 is 1.70.